The quantitative estimate of drug-likeness (QED) is 0.439. The van der Waals surface area contributed by atoms with Crippen molar-refractivity contribution in [1.29, 1.82) is 0 Å². The lowest BCUT2D eigenvalue weighted by atomic mass is 10.1. The van der Waals surface area contributed by atoms with Crippen LogP contribution in [0.2, 0.25) is 0 Å². The Labute approximate surface area is 138 Å². The van der Waals surface area contributed by atoms with Crippen molar-refractivity contribution in [2.75, 3.05) is 27.8 Å². The van der Waals surface area contributed by atoms with E-state index in [9.17, 15) is 0 Å². The van der Waals surface area contributed by atoms with Gasteiger partial charge in [0.2, 0.25) is 0 Å². The Morgan fingerprint density at radius 1 is 1.30 bits per heavy atom. The minimum atomic E-state index is 0.675. The predicted molar refractivity (Wildman–Crippen MR) is 94.4 cm³/mol. The lowest BCUT2D eigenvalue weighted by Gasteiger charge is -2.16. The molecule has 1 saturated carbocycles. The smallest absolute Gasteiger partial charge is 0.191 e. The second-order valence-corrected chi connectivity index (χ2v) is 5.73. The number of nitrogens with one attached hydrogen (secondary N) is 2. The Morgan fingerprint density at radius 3 is 2.65 bits per heavy atom. The number of ether oxygens (including phenoxy) is 2. The first-order chi connectivity index (χ1) is 11.2. The van der Waals surface area contributed by atoms with E-state index in [1.807, 2.05) is 12.1 Å². The molecule has 0 aliphatic heterocycles. The van der Waals surface area contributed by atoms with Crippen molar-refractivity contribution in [1.82, 2.24) is 10.6 Å². The molecule has 0 radical (unpaired) electrons. The number of benzene rings is 1. The van der Waals surface area contributed by atoms with Gasteiger partial charge in [-0.05, 0) is 42.9 Å². The van der Waals surface area contributed by atoms with E-state index in [2.05, 4.69) is 28.3 Å². The third-order valence-corrected chi connectivity index (χ3v) is 3.92. The molecule has 0 atom stereocenters. The first-order valence-corrected chi connectivity index (χ1v) is 8.01. The zero-order valence-corrected chi connectivity index (χ0v) is 14.3. The Bertz CT molecular complexity index is 566. The van der Waals surface area contributed by atoms with Crippen LogP contribution in [0.5, 0.6) is 11.5 Å². The number of nitrogens with zero attached hydrogens (tertiary/aromatic N) is 1. The molecule has 2 rings (SSSR count). The van der Waals surface area contributed by atoms with Crippen LogP contribution in [0.1, 0.15) is 24.0 Å². The first kappa shape index (κ1) is 17.2. The van der Waals surface area contributed by atoms with Crippen molar-refractivity contribution in [3.05, 3.63) is 35.9 Å². The molecule has 23 heavy (non-hydrogen) atoms. The molecule has 0 unspecified atom stereocenters. The molecule has 1 aliphatic rings. The predicted octanol–water partition coefficient (Wildman–Crippen LogP) is 2.51. The Kier molecular flexibility index (Phi) is 6.32. The summed E-state index contributed by atoms with van der Waals surface area (Å²) in [5.41, 5.74) is 2.19. The molecule has 0 heterocycles. The van der Waals surface area contributed by atoms with Gasteiger partial charge >= 0.3 is 0 Å². The van der Waals surface area contributed by atoms with Gasteiger partial charge in [-0.25, -0.2) is 0 Å². The van der Waals surface area contributed by atoms with Gasteiger partial charge in [-0.15, -0.1) is 6.58 Å². The molecule has 0 bridgehead atoms. The summed E-state index contributed by atoms with van der Waals surface area (Å²) in [6.07, 6.45) is 5.25. The molecule has 1 aromatic rings. The van der Waals surface area contributed by atoms with Crippen molar-refractivity contribution in [2.45, 2.75) is 25.8 Å². The van der Waals surface area contributed by atoms with E-state index in [4.69, 9.17) is 9.47 Å². The topological polar surface area (TPSA) is 54.9 Å². The summed E-state index contributed by atoms with van der Waals surface area (Å²) in [4.78, 5) is 4.26. The van der Waals surface area contributed by atoms with Gasteiger partial charge in [-0.3, -0.25) is 4.99 Å². The van der Waals surface area contributed by atoms with Crippen molar-refractivity contribution in [2.24, 2.45) is 10.9 Å². The summed E-state index contributed by atoms with van der Waals surface area (Å²) >= 11 is 0. The van der Waals surface area contributed by atoms with Gasteiger partial charge in [-0.2, -0.15) is 0 Å². The van der Waals surface area contributed by atoms with E-state index in [-0.39, 0.29) is 0 Å². The first-order valence-electron chi connectivity index (χ1n) is 8.01. The summed E-state index contributed by atoms with van der Waals surface area (Å²) < 4.78 is 10.9. The van der Waals surface area contributed by atoms with E-state index in [1.54, 1.807) is 21.3 Å². The third-order valence-electron chi connectivity index (χ3n) is 3.92. The van der Waals surface area contributed by atoms with Gasteiger partial charge in [0.1, 0.15) is 0 Å². The van der Waals surface area contributed by atoms with E-state index < -0.39 is 0 Å². The van der Waals surface area contributed by atoms with Gasteiger partial charge in [0, 0.05) is 25.7 Å². The van der Waals surface area contributed by atoms with Crippen LogP contribution in [0, 0.1) is 5.92 Å². The van der Waals surface area contributed by atoms with E-state index >= 15 is 0 Å². The summed E-state index contributed by atoms with van der Waals surface area (Å²) in [6, 6.07) is 4.11. The van der Waals surface area contributed by atoms with E-state index in [1.165, 1.54) is 12.8 Å². The lowest BCUT2D eigenvalue weighted by molar-refractivity contribution is 0.352. The zero-order valence-electron chi connectivity index (χ0n) is 14.3. The minimum Gasteiger partial charge on any atom is -0.493 e. The second-order valence-electron chi connectivity index (χ2n) is 5.73. The molecule has 0 saturated heterocycles. The number of rotatable bonds is 8. The molecule has 1 aliphatic carbocycles. The SMILES string of the molecule is C=CCc1cc(CNC(=NC)NCC2CC2)cc(OC)c1OC. The molecule has 5 nitrogen and oxygen atoms in total. The van der Waals surface area contributed by atoms with Crippen LogP contribution in [0.15, 0.2) is 29.8 Å². The van der Waals surface area contributed by atoms with E-state index in [0.717, 1.165) is 47.5 Å². The van der Waals surface area contributed by atoms with Crippen LogP contribution in [0.3, 0.4) is 0 Å². The zero-order chi connectivity index (χ0) is 16.7. The Hall–Kier alpha value is -2.17. The molecular formula is C18H27N3O2. The Balaban J connectivity index is 2.05. The maximum Gasteiger partial charge on any atom is 0.191 e. The van der Waals surface area contributed by atoms with Gasteiger partial charge in [0.25, 0.3) is 0 Å². The molecule has 126 valence electrons. The minimum absolute atomic E-state index is 0.675. The number of guanidine groups is 1. The molecule has 1 aromatic carbocycles. The van der Waals surface area contributed by atoms with Crippen LogP contribution in [0.4, 0.5) is 0 Å². The van der Waals surface area contributed by atoms with Gasteiger partial charge in [-0.1, -0.05) is 6.08 Å². The van der Waals surface area contributed by atoms with Crippen LogP contribution < -0.4 is 20.1 Å². The standard InChI is InChI=1S/C18H27N3O2/c1-5-6-15-9-14(10-16(22-3)17(15)23-4)12-21-18(19-2)20-11-13-7-8-13/h5,9-10,13H,1,6-8,11-12H2,2-4H3,(H2,19,20,21). The number of allylic oxidation sites excluding steroid dienone is 1. The fourth-order valence-electron chi connectivity index (χ4n) is 2.49. The highest BCUT2D eigenvalue weighted by atomic mass is 16.5. The van der Waals surface area contributed by atoms with Crippen LogP contribution >= 0.6 is 0 Å². The number of methoxy groups -OCH3 is 2. The second kappa shape index (κ2) is 8.46. The molecule has 2 N–H and O–H groups in total. The lowest BCUT2D eigenvalue weighted by Crippen LogP contribution is -2.37. The monoisotopic (exact) mass is 317 g/mol. The third kappa shape index (κ3) is 4.91. The Morgan fingerprint density at radius 2 is 2.09 bits per heavy atom. The summed E-state index contributed by atoms with van der Waals surface area (Å²) in [6.45, 7) is 5.48. The number of hydrogen-bond acceptors (Lipinski definition) is 3. The highest BCUT2D eigenvalue weighted by molar-refractivity contribution is 5.79. The molecular weight excluding hydrogens is 290 g/mol. The highest BCUT2D eigenvalue weighted by Crippen LogP contribution is 2.33. The van der Waals surface area contributed by atoms with Crippen molar-refractivity contribution in [3.63, 3.8) is 0 Å². The molecule has 1 fully saturated rings. The molecule has 0 spiro atoms. The van der Waals surface area contributed by atoms with Crippen LogP contribution in [-0.2, 0) is 13.0 Å². The normalized spacial score (nSPS) is 14.3. The summed E-state index contributed by atoms with van der Waals surface area (Å²) in [7, 11) is 5.11. The molecule has 0 amide bonds. The van der Waals surface area contributed by atoms with Crippen LogP contribution in [-0.4, -0.2) is 33.8 Å². The summed E-state index contributed by atoms with van der Waals surface area (Å²) in [5, 5.41) is 6.70. The maximum atomic E-state index is 5.46. The molecule has 0 aromatic heterocycles. The number of hydrogen-bond donors (Lipinski definition) is 2. The number of aliphatic imine (C=N–C) groups is 1. The largest absolute Gasteiger partial charge is 0.493 e. The van der Waals surface area contributed by atoms with Crippen LogP contribution in [0.25, 0.3) is 0 Å². The average molecular weight is 317 g/mol. The van der Waals surface area contributed by atoms with Crippen molar-refractivity contribution in [3.8, 4) is 11.5 Å². The fraction of sp³-hybridized carbons (Fsp3) is 0.500. The van der Waals surface area contributed by atoms with Gasteiger partial charge in [0.05, 0.1) is 14.2 Å². The molecule has 5 heteroatoms. The average Bonchev–Trinajstić information content (AvgIpc) is 3.39. The summed E-state index contributed by atoms with van der Waals surface area (Å²) in [5.74, 6) is 3.16. The highest BCUT2D eigenvalue weighted by Gasteiger charge is 2.21. The van der Waals surface area contributed by atoms with Gasteiger partial charge in [0.15, 0.2) is 17.5 Å². The van der Waals surface area contributed by atoms with E-state index in [0.29, 0.717) is 6.54 Å². The van der Waals surface area contributed by atoms with Gasteiger partial charge < -0.3 is 20.1 Å². The van der Waals surface area contributed by atoms with Crippen molar-refractivity contribution < 1.29 is 9.47 Å². The van der Waals surface area contributed by atoms with Crippen molar-refractivity contribution >= 4 is 5.96 Å². The maximum absolute atomic E-state index is 5.46. The fourth-order valence-corrected chi connectivity index (χ4v) is 2.49.